The summed E-state index contributed by atoms with van der Waals surface area (Å²) >= 11 is 1.42. The van der Waals surface area contributed by atoms with Crippen molar-refractivity contribution in [3.05, 3.63) is 92.2 Å². The number of thiazole rings is 1. The molecular formula is C35H40N4O3S. The molecule has 0 unspecified atom stereocenters. The highest BCUT2D eigenvalue weighted by Gasteiger charge is 2.27. The quantitative estimate of drug-likeness (QED) is 0.235. The van der Waals surface area contributed by atoms with E-state index in [-0.39, 0.29) is 11.5 Å². The summed E-state index contributed by atoms with van der Waals surface area (Å²) in [5.74, 6) is 0.733. The second-order valence-electron chi connectivity index (χ2n) is 10.9. The molecule has 3 heterocycles. The number of nitrogens with one attached hydrogen (secondary N) is 1. The zero-order valence-corrected chi connectivity index (χ0v) is 26.5. The summed E-state index contributed by atoms with van der Waals surface area (Å²) < 4.78 is 7.38. The van der Waals surface area contributed by atoms with Crippen LogP contribution in [0.25, 0.3) is 33.6 Å². The van der Waals surface area contributed by atoms with Crippen molar-refractivity contribution in [3.8, 4) is 33.3 Å². The molecule has 1 aliphatic heterocycles. The molecule has 1 N–H and O–H groups in total. The minimum atomic E-state index is -0.174. The summed E-state index contributed by atoms with van der Waals surface area (Å²) in [6.07, 6.45) is 3.49. The van der Waals surface area contributed by atoms with Gasteiger partial charge in [-0.3, -0.25) is 14.2 Å². The SMILES string of the molecule is CCOc1ccc(-c2csc(-c3cc(C(=O)N4CCNCC4)c(C=C(C)C)n(-c4c(CC)cccc4CC)c3=O)n2)cc1. The van der Waals surface area contributed by atoms with Crippen LogP contribution in [0.4, 0.5) is 0 Å². The fraction of sp³-hybridized carbons (Fsp3) is 0.343. The molecular weight excluding hydrogens is 556 g/mol. The molecule has 8 heteroatoms. The van der Waals surface area contributed by atoms with Gasteiger partial charge in [-0.15, -0.1) is 11.3 Å². The van der Waals surface area contributed by atoms with E-state index in [1.807, 2.05) is 67.5 Å². The number of amides is 1. The number of para-hydroxylation sites is 1. The van der Waals surface area contributed by atoms with Crippen LogP contribution in [0, 0.1) is 0 Å². The van der Waals surface area contributed by atoms with Gasteiger partial charge in [0.2, 0.25) is 0 Å². The van der Waals surface area contributed by atoms with Gasteiger partial charge in [0.05, 0.1) is 34.8 Å². The second kappa shape index (κ2) is 13.5. The lowest BCUT2D eigenvalue weighted by molar-refractivity contribution is 0.0735. The number of carbonyl (C=O) groups excluding carboxylic acids is 1. The Balaban J connectivity index is 1.77. The first-order valence-corrected chi connectivity index (χ1v) is 16.0. The largest absolute Gasteiger partial charge is 0.494 e. The minimum absolute atomic E-state index is 0.0701. The van der Waals surface area contributed by atoms with Crippen molar-refractivity contribution in [2.45, 2.75) is 47.5 Å². The van der Waals surface area contributed by atoms with Gasteiger partial charge in [0, 0.05) is 37.1 Å². The number of ether oxygens (including phenoxy) is 1. The monoisotopic (exact) mass is 596 g/mol. The average Bonchev–Trinajstić information content (AvgIpc) is 3.51. The van der Waals surface area contributed by atoms with Gasteiger partial charge >= 0.3 is 0 Å². The first-order chi connectivity index (χ1) is 20.9. The van der Waals surface area contributed by atoms with E-state index in [1.165, 1.54) is 11.3 Å². The fourth-order valence-electron chi connectivity index (χ4n) is 5.55. The minimum Gasteiger partial charge on any atom is -0.494 e. The maximum Gasteiger partial charge on any atom is 0.265 e. The van der Waals surface area contributed by atoms with Crippen LogP contribution in [0.1, 0.15) is 61.8 Å². The molecule has 0 spiro atoms. The molecule has 7 nitrogen and oxygen atoms in total. The van der Waals surface area contributed by atoms with Crippen LogP contribution in [-0.4, -0.2) is 53.1 Å². The van der Waals surface area contributed by atoms with Gasteiger partial charge in [0.15, 0.2) is 0 Å². The van der Waals surface area contributed by atoms with Gasteiger partial charge in [-0.25, -0.2) is 4.98 Å². The van der Waals surface area contributed by atoms with Crippen LogP contribution in [0.5, 0.6) is 5.75 Å². The Hall–Kier alpha value is -4.01. The van der Waals surface area contributed by atoms with Gasteiger partial charge in [-0.2, -0.15) is 0 Å². The number of benzene rings is 2. The molecule has 4 aromatic rings. The van der Waals surface area contributed by atoms with E-state index in [0.29, 0.717) is 41.5 Å². The lowest BCUT2D eigenvalue weighted by atomic mass is 9.99. The Bertz CT molecular complexity index is 1670. The summed E-state index contributed by atoms with van der Waals surface area (Å²) in [6, 6.07) is 15.8. The van der Waals surface area contributed by atoms with Gasteiger partial charge in [0.25, 0.3) is 11.5 Å². The van der Waals surface area contributed by atoms with Gasteiger partial charge in [-0.05, 0) is 81.1 Å². The zero-order chi connectivity index (χ0) is 30.5. The summed E-state index contributed by atoms with van der Waals surface area (Å²) in [5.41, 5.74) is 7.12. The normalized spacial score (nSPS) is 13.2. The van der Waals surface area contributed by atoms with E-state index >= 15 is 0 Å². The Morgan fingerprint density at radius 2 is 1.70 bits per heavy atom. The molecule has 2 aromatic carbocycles. The average molecular weight is 597 g/mol. The van der Waals surface area contributed by atoms with E-state index in [4.69, 9.17) is 9.72 Å². The number of nitrogens with zero attached hydrogens (tertiary/aromatic N) is 3. The molecule has 0 saturated carbocycles. The molecule has 0 bridgehead atoms. The summed E-state index contributed by atoms with van der Waals surface area (Å²) in [7, 11) is 0. The van der Waals surface area contributed by atoms with E-state index in [2.05, 4.69) is 31.3 Å². The maximum absolute atomic E-state index is 14.7. The molecule has 0 atom stereocenters. The number of hydrogen-bond donors (Lipinski definition) is 1. The number of hydrogen-bond acceptors (Lipinski definition) is 6. The number of carbonyl (C=O) groups is 1. The van der Waals surface area contributed by atoms with E-state index in [1.54, 1.807) is 10.6 Å². The number of pyridine rings is 1. The highest BCUT2D eigenvalue weighted by molar-refractivity contribution is 7.13. The number of aromatic nitrogens is 2. The summed E-state index contributed by atoms with van der Waals surface area (Å²) in [6.45, 7) is 13.5. The number of piperazine rings is 1. The van der Waals surface area contributed by atoms with Gasteiger partial charge in [0.1, 0.15) is 10.8 Å². The number of aryl methyl sites for hydroxylation is 2. The third kappa shape index (κ3) is 6.36. The summed E-state index contributed by atoms with van der Waals surface area (Å²) in [5, 5.41) is 5.89. The molecule has 0 aliphatic carbocycles. The Labute approximate surface area is 257 Å². The van der Waals surface area contributed by atoms with Crippen molar-refractivity contribution in [3.63, 3.8) is 0 Å². The third-order valence-corrected chi connectivity index (χ3v) is 8.56. The zero-order valence-electron chi connectivity index (χ0n) is 25.7. The van der Waals surface area contributed by atoms with E-state index < -0.39 is 0 Å². The molecule has 0 radical (unpaired) electrons. The Morgan fingerprint density at radius 1 is 1.02 bits per heavy atom. The van der Waals surface area contributed by atoms with Crippen LogP contribution in [0.15, 0.2) is 64.3 Å². The highest BCUT2D eigenvalue weighted by atomic mass is 32.1. The Morgan fingerprint density at radius 3 is 2.30 bits per heavy atom. The fourth-order valence-corrected chi connectivity index (χ4v) is 6.39. The van der Waals surface area contributed by atoms with Crippen LogP contribution in [-0.2, 0) is 12.8 Å². The molecule has 1 fully saturated rings. The van der Waals surface area contributed by atoms with Crippen LogP contribution >= 0.6 is 11.3 Å². The van der Waals surface area contributed by atoms with E-state index in [0.717, 1.165) is 65.3 Å². The van der Waals surface area contributed by atoms with Crippen LogP contribution in [0.2, 0.25) is 0 Å². The van der Waals surface area contributed by atoms with Crippen LogP contribution in [0.3, 0.4) is 0 Å². The molecule has 224 valence electrons. The van der Waals surface area contributed by atoms with Crippen molar-refractivity contribution in [1.29, 1.82) is 0 Å². The third-order valence-electron chi connectivity index (χ3n) is 7.68. The maximum atomic E-state index is 14.7. The summed E-state index contributed by atoms with van der Waals surface area (Å²) in [4.78, 5) is 35.7. The standard InChI is InChI=1S/C35H40N4O3S/c1-6-24-10-9-11-25(7-2)32(24)39-31(20-23(4)5)28(34(40)38-18-16-36-17-19-38)21-29(35(39)41)33-37-30(22-43-33)26-12-14-27(15-13-26)42-8-3/h9-15,20-22,36H,6-8,16-19H2,1-5H3. The van der Waals surface area contributed by atoms with Crippen molar-refractivity contribution in [2.24, 2.45) is 0 Å². The number of rotatable bonds is 9. The highest BCUT2D eigenvalue weighted by Crippen LogP contribution is 2.32. The van der Waals surface area contributed by atoms with Crippen molar-refractivity contribution < 1.29 is 9.53 Å². The van der Waals surface area contributed by atoms with E-state index in [9.17, 15) is 9.59 Å². The smallest absolute Gasteiger partial charge is 0.265 e. The van der Waals surface area contributed by atoms with Crippen molar-refractivity contribution in [1.82, 2.24) is 19.8 Å². The van der Waals surface area contributed by atoms with Crippen molar-refractivity contribution >= 4 is 23.3 Å². The van der Waals surface area contributed by atoms with Crippen molar-refractivity contribution in [2.75, 3.05) is 32.8 Å². The molecule has 1 saturated heterocycles. The Kier molecular flexibility index (Phi) is 9.58. The second-order valence-corrected chi connectivity index (χ2v) is 11.7. The molecule has 1 amide bonds. The van der Waals surface area contributed by atoms with Gasteiger partial charge < -0.3 is 15.0 Å². The first kappa shape index (κ1) is 30.4. The lowest BCUT2D eigenvalue weighted by Gasteiger charge is -2.29. The topological polar surface area (TPSA) is 76.5 Å². The van der Waals surface area contributed by atoms with Gasteiger partial charge in [-0.1, -0.05) is 37.6 Å². The molecule has 5 rings (SSSR count). The molecule has 2 aromatic heterocycles. The predicted octanol–water partition coefficient (Wildman–Crippen LogP) is 6.62. The van der Waals surface area contributed by atoms with Crippen LogP contribution < -0.4 is 15.6 Å². The predicted molar refractivity (Wildman–Crippen MR) is 177 cm³/mol. The molecule has 1 aliphatic rings. The number of allylic oxidation sites excluding steroid dienone is 1. The first-order valence-electron chi connectivity index (χ1n) is 15.1. The molecule has 43 heavy (non-hydrogen) atoms. The lowest BCUT2D eigenvalue weighted by Crippen LogP contribution is -2.47.